The number of halogens is 4. The van der Waals surface area contributed by atoms with E-state index < -0.39 is 0 Å². The molecule has 0 fully saturated rings. The van der Waals surface area contributed by atoms with E-state index in [2.05, 4.69) is 33.0 Å². The Bertz CT molecular complexity index is 469. The molecule has 0 heterocycles. The third-order valence-electron chi connectivity index (χ3n) is 3.25. The van der Waals surface area contributed by atoms with Crippen molar-refractivity contribution in [1.82, 2.24) is 5.32 Å². The van der Waals surface area contributed by atoms with Gasteiger partial charge >= 0.3 is 0 Å². The highest BCUT2D eigenvalue weighted by molar-refractivity contribution is 6.49. The van der Waals surface area contributed by atoms with Gasteiger partial charge in [-0.25, -0.2) is 0 Å². The molecule has 0 aliphatic carbocycles. The highest BCUT2D eigenvalue weighted by Crippen LogP contribution is 2.39. The molecule has 5 heteroatoms. The SMILES string of the molecule is CC(C)NCC(C)(C)CCc1c(Cl)cc(Cl)c(Cl)c1Cl. The molecule has 1 aromatic carbocycles. The molecule has 0 spiro atoms. The van der Waals surface area contributed by atoms with Gasteiger partial charge in [0.25, 0.3) is 0 Å². The van der Waals surface area contributed by atoms with Gasteiger partial charge < -0.3 is 5.32 Å². The first-order valence-corrected chi connectivity index (χ1v) is 8.20. The van der Waals surface area contributed by atoms with E-state index in [0.717, 1.165) is 24.9 Å². The number of nitrogens with one attached hydrogen (secondary N) is 1. The van der Waals surface area contributed by atoms with Crippen molar-refractivity contribution < 1.29 is 0 Å². The topological polar surface area (TPSA) is 12.0 Å². The van der Waals surface area contributed by atoms with Gasteiger partial charge in [-0.1, -0.05) is 74.1 Å². The van der Waals surface area contributed by atoms with Gasteiger partial charge in [0.1, 0.15) is 0 Å². The zero-order chi connectivity index (χ0) is 15.5. The maximum atomic E-state index is 6.24. The van der Waals surface area contributed by atoms with Crippen molar-refractivity contribution in [3.05, 3.63) is 31.7 Å². The first-order chi connectivity index (χ1) is 9.14. The van der Waals surface area contributed by atoms with E-state index >= 15 is 0 Å². The van der Waals surface area contributed by atoms with Crippen LogP contribution in [0.1, 0.15) is 39.7 Å². The summed E-state index contributed by atoms with van der Waals surface area (Å²) < 4.78 is 0. The molecule has 114 valence electrons. The predicted molar refractivity (Wildman–Crippen MR) is 91.7 cm³/mol. The lowest BCUT2D eigenvalue weighted by Gasteiger charge is -2.27. The van der Waals surface area contributed by atoms with Crippen molar-refractivity contribution in [3.8, 4) is 0 Å². The van der Waals surface area contributed by atoms with Crippen molar-refractivity contribution >= 4 is 46.4 Å². The van der Waals surface area contributed by atoms with Gasteiger partial charge in [0, 0.05) is 17.6 Å². The van der Waals surface area contributed by atoms with Gasteiger partial charge in [-0.15, -0.1) is 0 Å². The Hall–Kier alpha value is 0.340. The van der Waals surface area contributed by atoms with E-state index in [1.807, 2.05) is 0 Å². The van der Waals surface area contributed by atoms with Crippen molar-refractivity contribution in [1.29, 1.82) is 0 Å². The molecule has 0 saturated carbocycles. The van der Waals surface area contributed by atoms with Crippen LogP contribution in [0, 0.1) is 5.41 Å². The van der Waals surface area contributed by atoms with E-state index in [-0.39, 0.29) is 5.41 Å². The van der Waals surface area contributed by atoms with Crippen LogP contribution >= 0.6 is 46.4 Å². The zero-order valence-electron chi connectivity index (χ0n) is 12.3. The predicted octanol–water partition coefficient (Wildman–Crippen LogP) is 6.26. The van der Waals surface area contributed by atoms with Crippen LogP contribution in [0.3, 0.4) is 0 Å². The average molecular weight is 357 g/mol. The quantitative estimate of drug-likeness (QED) is 0.468. The van der Waals surface area contributed by atoms with Crippen molar-refractivity contribution in [2.45, 2.75) is 46.6 Å². The molecule has 0 saturated heterocycles. The molecular weight excluding hydrogens is 336 g/mol. The second-order valence-corrected chi connectivity index (χ2v) is 7.72. The number of hydrogen-bond donors (Lipinski definition) is 1. The summed E-state index contributed by atoms with van der Waals surface area (Å²) >= 11 is 24.5. The highest BCUT2D eigenvalue weighted by atomic mass is 35.5. The summed E-state index contributed by atoms with van der Waals surface area (Å²) in [6, 6.07) is 2.14. The molecule has 0 atom stereocenters. The minimum atomic E-state index is 0.156. The maximum absolute atomic E-state index is 6.24. The molecular formula is C15H21Cl4N. The summed E-state index contributed by atoms with van der Waals surface area (Å²) in [5.41, 5.74) is 1.03. The average Bonchev–Trinajstić information content (AvgIpc) is 2.33. The molecule has 0 unspecified atom stereocenters. The summed E-state index contributed by atoms with van der Waals surface area (Å²) in [6.45, 7) is 9.68. The van der Waals surface area contributed by atoms with E-state index in [0.29, 0.717) is 26.1 Å². The minimum absolute atomic E-state index is 0.156. The van der Waals surface area contributed by atoms with Crippen LogP contribution < -0.4 is 5.32 Å². The Morgan fingerprint density at radius 2 is 1.65 bits per heavy atom. The lowest BCUT2D eigenvalue weighted by molar-refractivity contribution is 0.304. The van der Waals surface area contributed by atoms with E-state index in [4.69, 9.17) is 46.4 Å². The minimum Gasteiger partial charge on any atom is -0.314 e. The summed E-state index contributed by atoms with van der Waals surface area (Å²) in [7, 11) is 0. The van der Waals surface area contributed by atoms with Crippen LogP contribution in [0.15, 0.2) is 6.07 Å². The molecule has 0 bridgehead atoms. The monoisotopic (exact) mass is 355 g/mol. The Morgan fingerprint density at radius 3 is 2.20 bits per heavy atom. The Balaban J connectivity index is 2.77. The fourth-order valence-electron chi connectivity index (χ4n) is 1.87. The molecule has 0 aliphatic rings. The molecule has 1 nitrogen and oxygen atoms in total. The largest absolute Gasteiger partial charge is 0.314 e. The highest BCUT2D eigenvalue weighted by Gasteiger charge is 2.21. The van der Waals surface area contributed by atoms with Crippen molar-refractivity contribution in [2.24, 2.45) is 5.41 Å². The van der Waals surface area contributed by atoms with E-state index in [1.54, 1.807) is 6.07 Å². The number of hydrogen-bond acceptors (Lipinski definition) is 1. The molecule has 0 radical (unpaired) electrons. The van der Waals surface area contributed by atoms with Gasteiger partial charge in [-0.2, -0.15) is 0 Å². The molecule has 0 aliphatic heterocycles. The van der Waals surface area contributed by atoms with E-state index in [9.17, 15) is 0 Å². The van der Waals surface area contributed by atoms with Gasteiger partial charge in [-0.05, 0) is 29.9 Å². The van der Waals surface area contributed by atoms with Gasteiger partial charge in [0.2, 0.25) is 0 Å². The Morgan fingerprint density at radius 1 is 1.05 bits per heavy atom. The Kier molecular flexibility index (Phi) is 6.95. The normalized spacial score (nSPS) is 12.2. The van der Waals surface area contributed by atoms with Crippen LogP contribution in [0.4, 0.5) is 0 Å². The fourth-order valence-corrected chi connectivity index (χ4v) is 2.99. The molecule has 1 N–H and O–H groups in total. The maximum Gasteiger partial charge on any atom is 0.0782 e. The third kappa shape index (κ3) is 5.27. The first kappa shape index (κ1) is 18.4. The third-order valence-corrected chi connectivity index (χ3v) is 4.89. The lowest BCUT2D eigenvalue weighted by atomic mass is 9.86. The molecule has 1 rings (SSSR count). The number of benzene rings is 1. The van der Waals surface area contributed by atoms with Crippen LogP contribution in [-0.4, -0.2) is 12.6 Å². The fraction of sp³-hybridized carbons (Fsp3) is 0.600. The first-order valence-electron chi connectivity index (χ1n) is 6.69. The Labute approximate surface area is 141 Å². The lowest BCUT2D eigenvalue weighted by Crippen LogP contribution is -2.34. The molecule has 0 amide bonds. The van der Waals surface area contributed by atoms with Gasteiger partial charge in [0.05, 0.1) is 15.1 Å². The molecule has 20 heavy (non-hydrogen) atoms. The van der Waals surface area contributed by atoms with Gasteiger partial charge in [0.15, 0.2) is 0 Å². The molecule has 1 aromatic rings. The summed E-state index contributed by atoms with van der Waals surface area (Å²) in [5, 5.41) is 5.28. The van der Waals surface area contributed by atoms with Crippen molar-refractivity contribution in [3.63, 3.8) is 0 Å². The molecule has 0 aromatic heterocycles. The summed E-state index contributed by atoms with van der Waals surface area (Å²) in [6.07, 6.45) is 1.74. The number of rotatable bonds is 6. The zero-order valence-corrected chi connectivity index (χ0v) is 15.3. The summed E-state index contributed by atoms with van der Waals surface area (Å²) in [4.78, 5) is 0. The van der Waals surface area contributed by atoms with Crippen LogP contribution in [0.2, 0.25) is 20.1 Å². The van der Waals surface area contributed by atoms with E-state index in [1.165, 1.54) is 0 Å². The van der Waals surface area contributed by atoms with Crippen LogP contribution in [0.5, 0.6) is 0 Å². The van der Waals surface area contributed by atoms with Crippen molar-refractivity contribution in [2.75, 3.05) is 6.54 Å². The van der Waals surface area contributed by atoms with Crippen LogP contribution in [0.25, 0.3) is 0 Å². The van der Waals surface area contributed by atoms with Crippen LogP contribution in [-0.2, 0) is 6.42 Å². The second-order valence-electron chi connectivity index (χ2n) is 6.15. The standard InChI is InChI=1S/C15H21Cl4N/c1-9(2)20-8-15(3,4)6-5-10-11(16)7-12(17)14(19)13(10)18/h7,9,20H,5-6,8H2,1-4H3. The second kappa shape index (κ2) is 7.56. The smallest absolute Gasteiger partial charge is 0.0782 e. The summed E-state index contributed by atoms with van der Waals surface area (Å²) in [5.74, 6) is 0. The van der Waals surface area contributed by atoms with Gasteiger partial charge in [-0.3, -0.25) is 0 Å².